The average molecular weight is 248 g/mol. The second-order valence-electron chi connectivity index (χ2n) is 4.69. The lowest BCUT2D eigenvalue weighted by atomic mass is 10.2. The third-order valence-corrected chi connectivity index (χ3v) is 3.30. The Bertz CT molecular complexity index is 412. The number of carbonyl (C=O) groups excluding carboxylic acids is 1. The first kappa shape index (κ1) is 13.1. The van der Waals surface area contributed by atoms with Crippen molar-refractivity contribution in [2.24, 2.45) is 5.73 Å². The molecule has 1 atom stereocenters. The van der Waals surface area contributed by atoms with E-state index in [9.17, 15) is 4.79 Å². The largest absolute Gasteiger partial charge is 0.372 e. The van der Waals surface area contributed by atoms with Gasteiger partial charge in [0.25, 0.3) is 5.91 Å². The van der Waals surface area contributed by atoms with Gasteiger partial charge in [0.15, 0.2) is 0 Å². The predicted octanol–water partition coefficient (Wildman–Crippen LogP) is 1.68. The van der Waals surface area contributed by atoms with Gasteiger partial charge in [-0.25, -0.2) is 0 Å². The van der Waals surface area contributed by atoms with Gasteiger partial charge in [-0.3, -0.25) is 4.79 Å². The van der Waals surface area contributed by atoms with Crippen molar-refractivity contribution in [2.75, 3.05) is 12.0 Å². The van der Waals surface area contributed by atoms with E-state index in [1.807, 2.05) is 29.2 Å². The fraction of sp³-hybridized carbons (Fsp3) is 0.500. The molecule has 4 heteroatoms. The molecule has 1 unspecified atom stereocenters. The Morgan fingerprint density at radius 3 is 2.50 bits per heavy atom. The molecule has 2 N–H and O–H groups in total. The zero-order valence-electron chi connectivity index (χ0n) is 10.9. The van der Waals surface area contributed by atoms with Gasteiger partial charge in [0.2, 0.25) is 0 Å². The quantitative estimate of drug-likeness (QED) is 0.862. The van der Waals surface area contributed by atoms with Crippen LogP contribution in [0.3, 0.4) is 0 Å². The Kier molecular flexibility index (Phi) is 3.99. The molecule has 1 aliphatic rings. The molecule has 1 aliphatic carbocycles. The van der Waals surface area contributed by atoms with Gasteiger partial charge in [-0.1, -0.05) is 12.1 Å². The Morgan fingerprint density at radius 2 is 2.06 bits per heavy atom. The number of hydrogen-bond acceptors (Lipinski definition) is 3. The summed E-state index contributed by atoms with van der Waals surface area (Å²) < 4.78 is 5.13. The molecule has 0 saturated heterocycles. The Balaban J connectivity index is 2.21. The summed E-state index contributed by atoms with van der Waals surface area (Å²) in [4.78, 5) is 14.1. The summed E-state index contributed by atoms with van der Waals surface area (Å²) in [6, 6.07) is 8.19. The average Bonchev–Trinajstić information content (AvgIpc) is 3.23. The monoisotopic (exact) mass is 248 g/mol. The maximum Gasteiger partial charge on any atom is 0.256 e. The molecule has 1 aromatic rings. The number of carbonyl (C=O) groups is 1. The van der Waals surface area contributed by atoms with E-state index >= 15 is 0 Å². The highest BCUT2D eigenvalue weighted by Gasteiger charge is 2.35. The van der Waals surface area contributed by atoms with E-state index in [2.05, 4.69) is 0 Å². The summed E-state index contributed by atoms with van der Waals surface area (Å²) in [5, 5.41) is 0. The highest BCUT2D eigenvalue weighted by Crippen LogP contribution is 2.32. The van der Waals surface area contributed by atoms with E-state index in [1.165, 1.54) is 0 Å². The third-order valence-electron chi connectivity index (χ3n) is 3.30. The fourth-order valence-corrected chi connectivity index (χ4v) is 1.94. The summed E-state index contributed by atoms with van der Waals surface area (Å²) in [5.74, 6) is 0.0282. The normalized spacial score (nSPS) is 16.4. The second-order valence-corrected chi connectivity index (χ2v) is 4.69. The number of amides is 1. The molecule has 0 bridgehead atoms. The van der Waals surface area contributed by atoms with Crippen molar-refractivity contribution in [1.29, 1.82) is 0 Å². The molecule has 1 fully saturated rings. The molecular weight excluding hydrogens is 228 g/mol. The number of ether oxygens (including phenoxy) is 1. The van der Waals surface area contributed by atoms with Gasteiger partial charge in [-0.05, 0) is 37.5 Å². The standard InChI is InChI=1S/C14H20N2O2/c1-10(18-2)14(17)16(13-7-8-13)12-5-3-11(9-15)4-6-12/h3-6,10,13H,7-9,15H2,1-2H3. The highest BCUT2D eigenvalue weighted by atomic mass is 16.5. The van der Waals surface area contributed by atoms with Gasteiger partial charge < -0.3 is 15.4 Å². The minimum atomic E-state index is -0.403. The number of methoxy groups -OCH3 is 1. The van der Waals surface area contributed by atoms with Crippen LogP contribution in [0, 0.1) is 0 Å². The van der Waals surface area contributed by atoms with Crippen LogP contribution in [0.1, 0.15) is 25.3 Å². The Hall–Kier alpha value is -1.39. The van der Waals surface area contributed by atoms with Gasteiger partial charge in [0.05, 0.1) is 0 Å². The van der Waals surface area contributed by atoms with Gasteiger partial charge >= 0.3 is 0 Å². The van der Waals surface area contributed by atoms with Crippen LogP contribution < -0.4 is 10.6 Å². The van der Waals surface area contributed by atoms with Crippen molar-refractivity contribution in [3.8, 4) is 0 Å². The van der Waals surface area contributed by atoms with E-state index in [0.29, 0.717) is 12.6 Å². The van der Waals surface area contributed by atoms with Crippen molar-refractivity contribution in [3.05, 3.63) is 29.8 Å². The maximum atomic E-state index is 12.3. The smallest absolute Gasteiger partial charge is 0.256 e. The number of anilines is 1. The first-order chi connectivity index (χ1) is 8.67. The number of benzene rings is 1. The molecule has 0 spiro atoms. The lowest BCUT2D eigenvalue weighted by Crippen LogP contribution is -2.40. The lowest BCUT2D eigenvalue weighted by Gasteiger charge is -2.25. The Labute approximate surface area is 108 Å². The summed E-state index contributed by atoms with van der Waals surface area (Å²) in [5.41, 5.74) is 7.58. The first-order valence-electron chi connectivity index (χ1n) is 6.32. The van der Waals surface area contributed by atoms with Crippen LogP contribution >= 0.6 is 0 Å². The van der Waals surface area contributed by atoms with Gasteiger partial charge in [0.1, 0.15) is 6.10 Å². The van der Waals surface area contributed by atoms with Crippen molar-refractivity contribution in [3.63, 3.8) is 0 Å². The summed E-state index contributed by atoms with van der Waals surface area (Å²) in [6.45, 7) is 2.30. The first-order valence-corrected chi connectivity index (χ1v) is 6.32. The van der Waals surface area contributed by atoms with Crippen LogP contribution in [0.5, 0.6) is 0 Å². The van der Waals surface area contributed by atoms with E-state index in [1.54, 1.807) is 14.0 Å². The molecular formula is C14H20N2O2. The lowest BCUT2D eigenvalue weighted by molar-refractivity contribution is -0.127. The van der Waals surface area contributed by atoms with E-state index in [0.717, 1.165) is 24.1 Å². The number of nitrogens with zero attached hydrogens (tertiary/aromatic N) is 1. The molecule has 18 heavy (non-hydrogen) atoms. The highest BCUT2D eigenvalue weighted by molar-refractivity contribution is 5.97. The van der Waals surface area contributed by atoms with Crippen LogP contribution in [-0.2, 0) is 16.1 Å². The van der Waals surface area contributed by atoms with Crippen LogP contribution in [-0.4, -0.2) is 25.2 Å². The fourth-order valence-electron chi connectivity index (χ4n) is 1.94. The van der Waals surface area contributed by atoms with Crippen LogP contribution in [0.25, 0.3) is 0 Å². The molecule has 1 aromatic carbocycles. The van der Waals surface area contributed by atoms with Gasteiger partial charge in [-0.2, -0.15) is 0 Å². The zero-order chi connectivity index (χ0) is 13.1. The second kappa shape index (κ2) is 5.50. The molecule has 0 aliphatic heterocycles. The number of rotatable bonds is 5. The zero-order valence-corrected chi connectivity index (χ0v) is 10.9. The summed E-state index contributed by atoms with van der Waals surface area (Å²) in [6.07, 6.45) is 1.74. The van der Waals surface area contributed by atoms with E-state index < -0.39 is 6.10 Å². The summed E-state index contributed by atoms with van der Waals surface area (Å²) >= 11 is 0. The van der Waals surface area contributed by atoms with Gasteiger partial charge in [0, 0.05) is 25.4 Å². The molecule has 0 radical (unpaired) electrons. The molecule has 98 valence electrons. The third kappa shape index (κ3) is 2.71. The maximum absolute atomic E-state index is 12.3. The molecule has 2 rings (SSSR count). The van der Waals surface area contributed by atoms with Crippen LogP contribution in [0.15, 0.2) is 24.3 Å². The van der Waals surface area contributed by atoms with Crippen molar-refractivity contribution >= 4 is 11.6 Å². The molecule has 0 heterocycles. The van der Waals surface area contributed by atoms with E-state index in [4.69, 9.17) is 10.5 Å². The summed E-state index contributed by atoms with van der Waals surface area (Å²) in [7, 11) is 1.56. The molecule has 1 amide bonds. The number of nitrogens with two attached hydrogens (primary N) is 1. The van der Waals surface area contributed by atoms with E-state index in [-0.39, 0.29) is 5.91 Å². The van der Waals surface area contributed by atoms with Crippen molar-refractivity contribution in [1.82, 2.24) is 0 Å². The minimum Gasteiger partial charge on any atom is -0.372 e. The van der Waals surface area contributed by atoms with Gasteiger partial charge in [-0.15, -0.1) is 0 Å². The topological polar surface area (TPSA) is 55.6 Å². The molecule has 1 saturated carbocycles. The number of hydrogen-bond donors (Lipinski definition) is 1. The van der Waals surface area contributed by atoms with Crippen LogP contribution in [0.4, 0.5) is 5.69 Å². The van der Waals surface area contributed by atoms with Crippen LogP contribution in [0.2, 0.25) is 0 Å². The van der Waals surface area contributed by atoms with Crippen molar-refractivity contribution in [2.45, 2.75) is 38.5 Å². The SMILES string of the molecule is COC(C)C(=O)N(c1ccc(CN)cc1)C1CC1. The minimum absolute atomic E-state index is 0.0282. The molecule has 4 nitrogen and oxygen atoms in total. The van der Waals surface area contributed by atoms with Crippen molar-refractivity contribution < 1.29 is 9.53 Å². The molecule has 0 aromatic heterocycles. The predicted molar refractivity (Wildman–Crippen MR) is 71.3 cm³/mol. The Morgan fingerprint density at radius 1 is 1.44 bits per heavy atom.